The molecule has 0 atom stereocenters. The highest BCUT2D eigenvalue weighted by atomic mass is 32.2. The number of thioether (sulfide) groups is 1. The molecular weight excluding hydrogens is 348 g/mol. The molecule has 0 aromatic heterocycles. The van der Waals surface area contributed by atoms with Gasteiger partial charge in [-0.05, 0) is 41.3 Å². The molecule has 0 radical (unpaired) electrons. The lowest BCUT2D eigenvalue weighted by Gasteiger charge is -2.14. The molecule has 2 aromatic carbocycles. The van der Waals surface area contributed by atoms with E-state index < -0.39 is 0 Å². The SMILES string of the molecule is CC(C)c1cccc(NC(=O)c2cccc(CN3C(=O)CSC3=O)c2)c1. The summed E-state index contributed by atoms with van der Waals surface area (Å²) in [7, 11) is 0. The Morgan fingerprint density at radius 2 is 1.92 bits per heavy atom. The summed E-state index contributed by atoms with van der Waals surface area (Å²) < 4.78 is 0. The van der Waals surface area contributed by atoms with E-state index >= 15 is 0 Å². The number of anilines is 1. The highest BCUT2D eigenvalue weighted by Crippen LogP contribution is 2.22. The third-order valence-electron chi connectivity index (χ3n) is 4.18. The van der Waals surface area contributed by atoms with Crippen LogP contribution >= 0.6 is 11.8 Å². The number of amides is 3. The Balaban J connectivity index is 1.73. The smallest absolute Gasteiger partial charge is 0.289 e. The largest absolute Gasteiger partial charge is 0.322 e. The molecule has 1 saturated heterocycles. The first-order chi connectivity index (χ1) is 12.4. The lowest BCUT2D eigenvalue weighted by Crippen LogP contribution is -2.28. The van der Waals surface area contributed by atoms with Crippen LogP contribution < -0.4 is 5.32 Å². The van der Waals surface area contributed by atoms with Crippen LogP contribution in [0.5, 0.6) is 0 Å². The van der Waals surface area contributed by atoms with E-state index in [9.17, 15) is 14.4 Å². The average Bonchev–Trinajstić information content (AvgIpc) is 2.94. The van der Waals surface area contributed by atoms with E-state index in [0.717, 1.165) is 28.6 Å². The third kappa shape index (κ3) is 4.14. The summed E-state index contributed by atoms with van der Waals surface area (Å²) in [6.45, 7) is 4.39. The Morgan fingerprint density at radius 3 is 2.62 bits per heavy atom. The third-order valence-corrected chi connectivity index (χ3v) is 5.04. The van der Waals surface area contributed by atoms with Gasteiger partial charge < -0.3 is 5.32 Å². The van der Waals surface area contributed by atoms with Gasteiger partial charge in [-0.3, -0.25) is 19.3 Å². The van der Waals surface area contributed by atoms with Gasteiger partial charge in [0.1, 0.15) is 0 Å². The van der Waals surface area contributed by atoms with Crippen molar-refractivity contribution in [2.45, 2.75) is 26.3 Å². The zero-order chi connectivity index (χ0) is 18.7. The highest BCUT2D eigenvalue weighted by Gasteiger charge is 2.29. The lowest BCUT2D eigenvalue weighted by atomic mass is 10.0. The number of hydrogen-bond acceptors (Lipinski definition) is 4. The van der Waals surface area contributed by atoms with Crippen LogP contribution in [0.4, 0.5) is 10.5 Å². The maximum Gasteiger partial charge on any atom is 0.289 e. The molecule has 0 saturated carbocycles. The minimum Gasteiger partial charge on any atom is -0.322 e. The van der Waals surface area contributed by atoms with Gasteiger partial charge in [-0.25, -0.2) is 0 Å². The van der Waals surface area contributed by atoms with Gasteiger partial charge in [-0.15, -0.1) is 0 Å². The van der Waals surface area contributed by atoms with Gasteiger partial charge in [0.25, 0.3) is 11.1 Å². The molecule has 1 N–H and O–H groups in total. The van der Waals surface area contributed by atoms with Crippen molar-refractivity contribution >= 4 is 34.5 Å². The summed E-state index contributed by atoms with van der Waals surface area (Å²) >= 11 is 1.01. The number of imide groups is 1. The number of benzene rings is 2. The van der Waals surface area contributed by atoms with Gasteiger partial charge in [0.05, 0.1) is 12.3 Å². The minimum absolute atomic E-state index is 0.186. The first-order valence-electron chi connectivity index (χ1n) is 8.41. The summed E-state index contributed by atoms with van der Waals surface area (Å²) in [6.07, 6.45) is 0. The van der Waals surface area contributed by atoms with Crippen LogP contribution in [0.25, 0.3) is 0 Å². The Hall–Kier alpha value is -2.60. The van der Waals surface area contributed by atoms with Gasteiger partial charge in [0.2, 0.25) is 5.91 Å². The topological polar surface area (TPSA) is 66.5 Å². The average molecular weight is 368 g/mol. The number of rotatable bonds is 5. The van der Waals surface area contributed by atoms with E-state index in [-0.39, 0.29) is 29.4 Å². The molecule has 1 aliphatic rings. The molecule has 3 amide bonds. The molecule has 0 spiro atoms. The van der Waals surface area contributed by atoms with Gasteiger partial charge in [-0.1, -0.05) is 49.9 Å². The van der Waals surface area contributed by atoms with Gasteiger partial charge >= 0.3 is 0 Å². The van der Waals surface area contributed by atoms with E-state index in [0.29, 0.717) is 11.5 Å². The monoisotopic (exact) mass is 368 g/mol. The fourth-order valence-corrected chi connectivity index (χ4v) is 3.43. The molecule has 1 heterocycles. The van der Waals surface area contributed by atoms with Crippen molar-refractivity contribution in [1.29, 1.82) is 0 Å². The molecule has 1 aliphatic heterocycles. The molecule has 134 valence electrons. The number of nitrogens with zero attached hydrogens (tertiary/aromatic N) is 1. The molecule has 0 aliphatic carbocycles. The summed E-state index contributed by atoms with van der Waals surface area (Å²) in [4.78, 5) is 37.2. The van der Waals surface area contributed by atoms with Crippen molar-refractivity contribution in [3.63, 3.8) is 0 Å². The van der Waals surface area contributed by atoms with Crippen molar-refractivity contribution in [3.8, 4) is 0 Å². The second-order valence-electron chi connectivity index (χ2n) is 6.47. The van der Waals surface area contributed by atoms with Gasteiger partial charge in [0, 0.05) is 11.3 Å². The van der Waals surface area contributed by atoms with E-state index in [1.165, 1.54) is 4.90 Å². The Labute approximate surface area is 156 Å². The first kappa shape index (κ1) is 18.2. The summed E-state index contributed by atoms with van der Waals surface area (Å²) in [6, 6.07) is 14.8. The van der Waals surface area contributed by atoms with Crippen LogP contribution in [-0.4, -0.2) is 27.7 Å². The van der Waals surface area contributed by atoms with Crippen molar-refractivity contribution in [2.24, 2.45) is 0 Å². The maximum atomic E-state index is 12.6. The molecule has 26 heavy (non-hydrogen) atoms. The number of carbonyl (C=O) groups excluding carboxylic acids is 3. The normalized spacial score (nSPS) is 14.2. The van der Waals surface area contributed by atoms with E-state index in [4.69, 9.17) is 0 Å². The Bertz CT molecular complexity index is 848. The van der Waals surface area contributed by atoms with Crippen LogP contribution in [0.3, 0.4) is 0 Å². The van der Waals surface area contributed by atoms with E-state index in [1.807, 2.05) is 24.3 Å². The molecule has 5 nitrogen and oxygen atoms in total. The molecule has 6 heteroatoms. The second-order valence-corrected chi connectivity index (χ2v) is 7.40. The standard InChI is InChI=1S/C20H20N2O3S/c1-13(2)15-6-4-8-17(10-15)21-19(24)16-7-3-5-14(9-16)11-22-18(23)12-26-20(22)25/h3-10,13H,11-12H2,1-2H3,(H,21,24). The predicted octanol–water partition coefficient (Wildman–Crippen LogP) is 4.26. The predicted molar refractivity (Wildman–Crippen MR) is 103 cm³/mol. The zero-order valence-corrected chi connectivity index (χ0v) is 15.5. The van der Waals surface area contributed by atoms with Crippen LogP contribution in [0.15, 0.2) is 48.5 Å². The maximum absolute atomic E-state index is 12.6. The zero-order valence-electron chi connectivity index (χ0n) is 14.7. The summed E-state index contributed by atoms with van der Waals surface area (Å²) in [5.41, 5.74) is 3.13. The van der Waals surface area contributed by atoms with Crippen molar-refractivity contribution in [2.75, 3.05) is 11.1 Å². The van der Waals surface area contributed by atoms with Crippen LogP contribution in [0.2, 0.25) is 0 Å². The van der Waals surface area contributed by atoms with Crippen LogP contribution in [0.1, 0.15) is 41.3 Å². The van der Waals surface area contributed by atoms with Gasteiger partial charge in [0.15, 0.2) is 0 Å². The fraction of sp³-hybridized carbons (Fsp3) is 0.250. The molecule has 2 aromatic rings. The molecule has 0 unspecified atom stereocenters. The number of nitrogens with one attached hydrogen (secondary N) is 1. The van der Waals surface area contributed by atoms with E-state index in [2.05, 4.69) is 19.2 Å². The number of carbonyl (C=O) groups is 3. The summed E-state index contributed by atoms with van der Waals surface area (Å²) in [5, 5.41) is 2.66. The van der Waals surface area contributed by atoms with Crippen LogP contribution in [0, 0.1) is 0 Å². The van der Waals surface area contributed by atoms with Gasteiger partial charge in [-0.2, -0.15) is 0 Å². The number of hydrogen-bond donors (Lipinski definition) is 1. The quantitative estimate of drug-likeness (QED) is 0.856. The Morgan fingerprint density at radius 1 is 1.15 bits per heavy atom. The van der Waals surface area contributed by atoms with Crippen molar-refractivity contribution in [1.82, 2.24) is 4.90 Å². The second kappa shape index (κ2) is 7.74. The van der Waals surface area contributed by atoms with Crippen molar-refractivity contribution in [3.05, 3.63) is 65.2 Å². The lowest BCUT2D eigenvalue weighted by molar-refractivity contribution is -0.125. The fourth-order valence-electron chi connectivity index (χ4n) is 2.71. The van der Waals surface area contributed by atoms with Crippen LogP contribution in [-0.2, 0) is 11.3 Å². The molecular formula is C20H20N2O3S. The first-order valence-corrected chi connectivity index (χ1v) is 9.40. The molecule has 1 fully saturated rings. The molecule has 3 rings (SSSR count). The van der Waals surface area contributed by atoms with E-state index in [1.54, 1.807) is 24.3 Å². The summed E-state index contributed by atoms with van der Waals surface area (Å²) in [5.74, 6) is 0.149. The minimum atomic E-state index is -0.240. The van der Waals surface area contributed by atoms with Crippen molar-refractivity contribution < 1.29 is 14.4 Å². The highest BCUT2D eigenvalue weighted by molar-refractivity contribution is 8.14. The molecule has 0 bridgehead atoms. The Kier molecular flexibility index (Phi) is 5.42.